The summed E-state index contributed by atoms with van der Waals surface area (Å²) in [5.41, 5.74) is -0.0183. The number of aromatic carboxylic acids is 1. The summed E-state index contributed by atoms with van der Waals surface area (Å²) in [7, 11) is -1.66. The highest BCUT2D eigenvalue weighted by atomic mass is 35.5. The molecule has 0 atom stereocenters. The van der Waals surface area contributed by atoms with Crippen LogP contribution in [0.2, 0.25) is 0 Å². The SMILES string of the molecule is CN1CCN(S(=O)(=O)c2cccc(C(=O)O)c2)CC1.Cl. The van der Waals surface area contributed by atoms with Gasteiger partial charge < -0.3 is 10.0 Å². The number of carboxylic acid groups (broad SMARTS) is 1. The Morgan fingerprint density at radius 3 is 2.35 bits per heavy atom. The topological polar surface area (TPSA) is 77.9 Å². The largest absolute Gasteiger partial charge is 0.478 e. The van der Waals surface area contributed by atoms with Crippen LogP contribution in [0.3, 0.4) is 0 Å². The van der Waals surface area contributed by atoms with Crippen molar-refractivity contribution in [3.05, 3.63) is 29.8 Å². The monoisotopic (exact) mass is 320 g/mol. The third-order valence-corrected chi connectivity index (χ3v) is 5.08. The van der Waals surface area contributed by atoms with Crippen LogP contribution in [-0.2, 0) is 10.0 Å². The van der Waals surface area contributed by atoms with Crippen LogP contribution in [0.5, 0.6) is 0 Å². The first kappa shape index (κ1) is 16.9. The van der Waals surface area contributed by atoms with Gasteiger partial charge >= 0.3 is 5.97 Å². The van der Waals surface area contributed by atoms with E-state index in [-0.39, 0.29) is 22.9 Å². The molecular formula is C12H17ClN2O4S. The minimum absolute atomic E-state index is 0. The van der Waals surface area contributed by atoms with Gasteiger partial charge in [0.1, 0.15) is 0 Å². The molecule has 0 aromatic heterocycles. The molecule has 1 aromatic rings. The van der Waals surface area contributed by atoms with Crippen molar-refractivity contribution in [2.45, 2.75) is 4.90 Å². The average molecular weight is 321 g/mol. The smallest absolute Gasteiger partial charge is 0.335 e. The maximum Gasteiger partial charge on any atom is 0.335 e. The molecule has 112 valence electrons. The van der Waals surface area contributed by atoms with E-state index in [0.717, 1.165) is 0 Å². The molecule has 1 saturated heterocycles. The first-order chi connectivity index (χ1) is 8.91. The first-order valence-corrected chi connectivity index (χ1v) is 7.37. The van der Waals surface area contributed by atoms with E-state index in [9.17, 15) is 13.2 Å². The van der Waals surface area contributed by atoms with Crippen molar-refractivity contribution in [3.63, 3.8) is 0 Å². The molecule has 0 unspecified atom stereocenters. The Morgan fingerprint density at radius 1 is 1.20 bits per heavy atom. The molecule has 1 aromatic carbocycles. The van der Waals surface area contributed by atoms with Crippen LogP contribution in [0.4, 0.5) is 0 Å². The molecule has 1 aliphatic rings. The van der Waals surface area contributed by atoms with Gasteiger partial charge in [-0.1, -0.05) is 6.07 Å². The van der Waals surface area contributed by atoms with Gasteiger partial charge in [-0.2, -0.15) is 4.31 Å². The molecule has 2 rings (SSSR count). The number of halogens is 1. The number of sulfonamides is 1. The first-order valence-electron chi connectivity index (χ1n) is 5.93. The Bertz CT molecular complexity index is 583. The summed E-state index contributed by atoms with van der Waals surface area (Å²) < 4.78 is 26.2. The summed E-state index contributed by atoms with van der Waals surface area (Å²) in [6, 6.07) is 5.47. The molecule has 8 heteroatoms. The third kappa shape index (κ3) is 3.49. The lowest BCUT2D eigenvalue weighted by Gasteiger charge is -2.31. The highest BCUT2D eigenvalue weighted by Gasteiger charge is 2.27. The second-order valence-corrected chi connectivity index (χ2v) is 6.48. The van der Waals surface area contributed by atoms with Gasteiger partial charge in [-0.15, -0.1) is 12.4 Å². The number of benzene rings is 1. The number of carboxylic acids is 1. The second-order valence-electron chi connectivity index (χ2n) is 4.54. The van der Waals surface area contributed by atoms with Gasteiger partial charge in [-0.05, 0) is 25.2 Å². The van der Waals surface area contributed by atoms with Crippen LogP contribution in [0.1, 0.15) is 10.4 Å². The van der Waals surface area contributed by atoms with E-state index in [1.165, 1.54) is 28.6 Å². The van der Waals surface area contributed by atoms with Gasteiger partial charge in [0.25, 0.3) is 0 Å². The van der Waals surface area contributed by atoms with Crippen molar-refractivity contribution in [1.29, 1.82) is 0 Å². The van der Waals surface area contributed by atoms with Crippen LogP contribution in [0.25, 0.3) is 0 Å². The lowest BCUT2D eigenvalue weighted by molar-refractivity contribution is 0.0696. The fourth-order valence-corrected chi connectivity index (χ4v) is 3.44. The summed E-state index contributed by atoms with van der Waals surface area (Å²) >= 11 is 0. The number of carbonyl (C=O) groups is 1. The number of piperazine rings is 1. The molecule has 1 fully saturated rings. The number of hydrogen-bond acceptors (Lipinski definition) is 4. The molecule has 0 radical (unpaired) electrons. The van der Waals surface area contributed by atoms with Gasteiger partial charge in [0, 0.05) is 26.2 Å². The fraction of sp³-hybridized carbons (Fsp3) is 0.417. The summed E-state index contributed by atoms with van der Waals surface area (Å²) in [5.74, 6) is -1.13. The van der Waals surface area contributed by atoms with Crippen LogP contribution >= 0.6 is 12.4 Å². The van der Waals surface area contributed by atoms with Crippen LogP contribution in [0, 0.1) is 0 Å². The van der Waals surface area contributed by atoms with Gasteiger partial charge in [-0.3, -0.25) is 0 Å². The zero-order chi connectivity index (χ0) is 14.0. The normalized spacial score (nSPS) is 17.4. The average Bonchev–Trinajstić information content (AvgIpc) is 2.39. The number of hydrogen-bond donors (Lipinski definition) is 1. The number of rotatable bonds is 3. The molecular weight excluding hydrogens is 304 g/mol. The van der Waals surface area contributed by atoms with Crippen molar-refractivity contribution in [2.75, 3.05) is 33.2 Å². The lowest BCUT2D eigenvalue weighted by Crippen LogP contribution is -2.47. The molecule has 1 N–H and O–H groups in total. The zero-order valence-electron chi connectivity index (χ0n) is 11.0. The zero-order valence-corrected chi connectivity index (χ0v) is 12.7. The van der Waals surface area contributed by atoms with E-state index in [1.54, 1.807) is 0 Å². The molecule has 1 aliphatic heterocycles. The van der Waals surface area contributed by atoms with Gasteiger partial charge in [0.2, 0.25) is 10.0 Å². The van der Waals surface area contributed by atoms with E-state index in [0.29, 0.717) is 26.2 Å². The summed E-state index contributed by atoms with van der Waals surface area (Å²) in [6.45, 7) is 2.21. The molecule has 0 spiro atoms. The lowest BCUT2D eigenvalue weighted by atomic mass is 10.2. The third-order valence-electron chi connectivity index (χ3n) is 3.18. The Hall–Kier alpha value is -1.15. The van der Waals surface area contributed by atoms with E-state index in [4.69, 9.17) is 5.11 Å². The maximum absolute atomic E-state index is 12.4. The maximum atomic E-state index is 12.4. The summed E-state index contributed by atoms with van der Waals surface area (Å²) in [5, 5.41) is 8.90. The molecule has 1 heterocycles. The van der Waals surface area contributed by atoms with Gasteiger partial charge in [0.05, 0.1) is 10.5 Å². The summed E-state index contributed by atoms with van der Waals surface area (Å²) in [4.78, 5) is 13.0. The summed E-state index contributed by atoms with van der Waals surface area (Å²) in [6.07, 6.45) is 0. The second kappa shape index (κ2) is 6.53. The molecule has 0 saturated carbocycles. The molecule has 6 nitrogen and oxygen atoms in total. The van der Waals surface area contributed by atoms with Crippen molar-refractivity contribution < 1.29 is 18.3 Å². The molecule has 0 bridgehead atoms. The van der Waals surface area contributed by atoms with Crippen LogP contribution < -0.4 is 0 Å². The molecule has 0 amide bonds. The Balaban J connectivity index is 0.00000200. The minimum Gasteiger partial charge on any atom is -0.478 e. The predicted octanol–water partition coefficient (Wildman–Crippen LogP) is 0.743. The van der Waals surface area contributed by atoms with E-state index < -0.39 is 16.0 Å². The highest BCUT2D eigenvalue weighted by molar-refractivity contribution is 7.89. The Labute approximate surface area is 124 Å². The minimum atomic E-state index is -3.60. The van der Waals surface area contributed by atoms with Crippen molar-refractivity contribution in [1.82, 2.24) is 9.21 Å². The van der Waals surface area contributed by atoms with Crippen LogP contribution in [-0.4, -0.2) is 61.9 Å². The number of likely N-dealkylation sites (N-methyl/N-ethyl adjacent to an activating group) is 1. The van der Waals surface area contributed by atoms with Crippen molar-refractivity contribution >= 4 is 28.4 Å². The Morgan fingerprint density at radius 2 is 1.80 bits per heavy atom. The van der Waals surface area contributed by atoms with E-state index >= 15 is 0 Å². The van der Waals surface area contributed by atoms with Gasteiger partial charge in [0.15, 0.2) is 0 Å². The van der Waals surface area contributed by atoms with E-state index in [1.807, 2.05) is 7.05 Å². The Kier molecular flexibility index (Phi) is 5.52. The number of nitrogens with zero attached hydrogens (tertiary/aromatic N) is 2. The molecule has 20 heavy (non-hydrogen) atoms. The van der Waals surface area contributed by atoms with Gasteiger partial charge in [-0.25, -0.2) is 13.2 Å². The standard InChI is InChI=1S/C12H16N2O4S.ClH/c1-13-5-7-14(8-6-13)19(17,18)11-4-2-3-10(9-11)12(15)16;/h2-4,9H,5-8H2,1H3,(H,15,16);1H. The van der Waals surface area contributed by atoms with Crippen molar-refractivity contribution in [2.24, 2.45) is 0 Å². The van der Waals surface area contributed by atoms with E-state index in [2.05, 4.69) is 4.90 Å². The quantitative estimate of drug-likeness (QED) is 0.889. The predicted molar refractivity (Wildman–Crippen MR) is 76.9 cm³/mol. The van der Waals surface area contributed by atoms with Crippen molar-refractivity contribution in [3.8, 4) is 0 Å². The fourth-order valence-electron chi connectivity index (χ4n) is 1.97. The van der Waals surface area contributed by atoms with Crippen LogP contribution in [0.15, 0.2) is 29.2 Å². The molecule has 0 aliphatic carbocycles. The highest BCUT2D eigenvalue weighted by Crippen LogP contribution is 2.18.